The molecule has 0 radical (unpaired) electrons. The van der Waals surface area contributed by atoms with E-state index in [2.05, 4.69) is 15.2 Å². The standard InChI is InChI=1S/C20H25N3O2/c24-15-17-7-10-23(11-8-17)14-16-3-5-19(6-4-16)20(25)22-13-18-2-1-9-21-12-18/h1-6,9,12,17,24H,7-8,10-11,13-15H2,(H,22,25). The minimum Gasteiger partial charge on any atom is -0.396 e. The van der Waals surface area contributed by atoms with Crippen LogP contribution in [0.3, 0.4) is 0 Å². The quantitative estimate of drug-likeness (QED) is 0.847. The summed E-state index contributed by atoms with van der Waals surface area (Å²) in [5.74, 6) is 0.390. The number of carbonyl (C=O) groups is 1. The van der Waals surface area contributed by atoms with E-state index in [9.17, 15) is 9.90 Å². The van der Waals surface area contributed by atoms with Crippen molar-refractivity contribution in [2.45, 2.75) is 25.9 Å². The first-order valence-electron chi connectivity index (χ1n) is 8.84. The molecule has 1 aromatic heterocycles. The van der Waals surface area contributed by atoms with E-state index in [0.29, 0.717) is 24.6 Å². The molecule has 3 rings (SSSR count). The van der Waals surface area contributed by atoms with Crippen LogP contribution in [0.5, 0.6) is 0 Å². The molecule has 0 aliphatic carbocycles. The molecule has 2 N–H and O–H groups in total. The van der Waals surface area contributed by atoms with E-state index >= 15 is 0 Å². The number of aliphatic hydroxyl groups excluding tert-OH is 1. The minimum atomic E-state index is -0.0702. The lowest BCUT2D eigenvalue weighted by atomic mass is 9.97. The number of hydrogen-bond acceptors (Lipinski definition) is 4. The molecule has 1 fully saturated rings. The first kappa shape index (κ1) is 17.6. The van der Waals surface area contributed by atoms with Gasteiger partial charge in [0, 0.05) is 37.7 Å². The van der Waals surface area contributed by atoms with Crippen molar-refractivity contribution in [3.63, 3.8) is 0 Å². The normalized spacial score (nSPS) is 15.9. The number of likely N-dealkylation sites (tertiary alicyclic amines) is 1. The van der Waals surface area contributed by atoms with Crippen LogP contribution in [0.25, 0.3) is 0 Å². The van der Waals surface area contributed by atoms with E-state index in [1.807, 2.05) is 36.4 Å². The molecule has 0 spiro atoms. The lowest BCUT2D eigenvalue weighted by Gasteiger charge is -2.31. The summed E-state index contributed by atoms with van der Waals surface area (Å²) in [6.07, 6.45) is 5.59. The zero-order valence-corrected chi connectivity index (χ0v) is 14.4. The van der Waals surface area contributed by atoms with E-state index in [1.165, 1.54) is 5.56 Å². The number of nitrogens with zero attached hydrogens (tertiary/aromatic N) is 2. The highest BCUT2D eigenvalue weighted by Gasteiger charge is 2.18. The van der Waals surface area contributed by atoms with Crippen LogP contribution in [0.4, 0.5) is 0 Å². The van der Waals surface area contributed by atoms with Gasteiger partial charge >= 0.3 is 0 Å². The van der Waals surface area contributed by atoms with Crippen LogP contribution in [0.2, 0.25) is 0 Å². The second-order valence-electron chi connectivity index (χ2n) is 6.64. The lowest BCUT2D eigenvalue weighted by molar-refractivity contribution is 0.0951. The van der Waals surface area contributed by atoms with Gasteiger partial charge in [-0.25, -0.2) is 0 Å². The van der Waals surface area contributed by atoms with Crippen molar-refractivity contribution >= 4 is 5.91 Å². The molecular formula is C20H25N3O2. The number of benzene rings is 1. The van der Waals surface area contributed by atoms with Crippen LogP contribution in [0.15, 0.2) is 48.8 Å². The molecule has 1 aromatic carbocycles. The van der Waals surface area contributed by atoms with Crippen LogP contribution in [-0.4, -0.2) is 40.6 Å². The van der Waals surface area contributed by atoms with Crippen molar-refractivity contribution < 1.29 is 9.90 Å². The zero-order valence-electron chi connectivity index (χ0n) is 14.4. The van der Waals surface area contributed by atoms with Crippen molar-refractivity contribution in [3.05, 3.63) is 65.5 Å². The molecule has 0 saturated carbocycles. The lowest BCUT2D eigenvalue weighted by Crippen LogP contribution is -2.34. The maximum absolute atomic E-state index is 12.2. The molecule has 1 aliphatic heterocycles. The highest BCUT2D eigenvalue weighted by atomic mass is 16.3. The average molecular weight is 339 g/mol. The van der Waals surface area contributed by atoms with Gasteiger partial charge in [0.05, 0.1) is 0 Å². The Morgan fingerprint density at radius 2 is 1.92 bits per heavy atom. The van der Waals surface area contributed by atoms with Crippen molar-refractivity contribution in [2.75, 3.05) is 19.7 Å². The van der Waals surface area contributed by atoms with Crippen LogP contribution >= 0.6 is 0 Å². The Morgan fingerprint density at radius 3 is 2.56 bits per heavy atom. The number of amides is 1. The van der Waals surface area contributed by atoms with Gasteiger partial charge in [-0.2, -0.15) is 0 Å². The molecule has 0 unspecified atom stereocenters. The Labute approximate surface area is 148 Å². The molecule has 5 heteroatoms. The minimum absolute atomic E-state index is 0.0702. The van der Waals surface area contributed by atoms with Gasteiger partial charge in [-0.3, -0.25) is 14.7 Å². The maximum Gasteiger partial charge on any atom is 0.251 e. The fraction of sp³-hybridized carbons (Fsp3) is 0.400. The summed E-state index contributed by atoms with van der Waals surface area (Å²) in [5.41, 5.74) is 2.87. The molecule has 1 aliphatic rings. The van der Waals surface area contributed by atoms with Crippen LogP contribution in [0.1, 0.15) is 34.3 Å². The monoisotopic (exact) mass is 339 g/mol. The summed E-state index contributed by atoms with van der Waals surface area (Å²) < 4.78 is 0. The average Bonchev–Trinajstić information content (AvgIpc) is 2.68. The Morgan fingerprint density at radius 1 is 1.16 bits per heavy atom. The van der Waals surface area contributed by atoms with Gasteiger partial charge in [0.2, 0.25) is 0 Å². The fourth-order valence-corrected chi connectivity index (χ4v) is 3.13. The second kappa shape index (κ2) is 8.74. The van der Waals surface area contributed by atoms with Crippen molar-refractivity contribution in [2.24, 2.45) is 5.92 Å². The summed E-state index contributed by atoms with van der Waals surface area (Å²) in [6, 6.07) is 11.6. The van der Waals surface area contributed by atoms with Crippen molar-refractivity contribution in [1.29, 1.82) is 0 Å². The Kier molecular flexibility index (Phi) is 6.14. The van der Waals surface area contributed by atoms with E-state index in [-0.39, 0.29) is 5.91 Å². The summed E-state index contributed by atoms with van der Waals surface area (Å²) in [4.78, 5) is 18.7. The number of carbonyl (C=O) groups excluding carboxylic acids is 1. The summed E-state index contributed by atoms with van der Waals surface area (Å²) >= 11 is 0. The van der Waals surface area contributed by atoms with E-state index in [1.54, 1.807) is 12.4 Å². The topological polar surface area (TPSA) is 65.5 Å². The van der Waals surface area contributed by atoms with E-state index < -0.39 is 0 Å². The SMILES string of the molecule is O=C(NCc1cccnc1)c1ccc(CN2CCC(CO)CC2)cc1. The molecule has 132 valence electrons. The summed E-state index contributed by atoms with van der Waals surface area (Å²) in [5, 5.41) is 12.1. The Bertz CT molecular complexity index is 665. The van der Waals surface area contributed by atoms with Crippen LogP contribution in [0, 0.1) is 5.92 Å². The molecule has 1 saturated heterocycles. The predicted molar refractivity (Wildman–Crippen MR) is 96.9 cm³/mol. The Balaban J connectivity index is 1.49. The van der Waals surface area contributed by atoms with Crippen LogP contribution < -0.4 is 5.32 Å². The number of aliphatic hydroxyl groups is 1. The molecule has 2 aromatic rings. The van der Waals surface area contributed by atoms with Gasteiger partial charge in [-0.15, -0.1) is 0 Å². The summed E-state index contributed by atoms with van der Waals surface area (Å²) in [6.45, 7) is 3.73. The number of hydrogen-bond donors (Lipinski definition) is 2. The predicted octanol–water partition coefficient (Wildman–Crippen LogP) is 2.22. The van der Waals surface area contributed by atoms with Gasteiger partial charge in [-0.05, 0) is 61.2 Å². The van der Waals surface area contributed by atoms with Crippen molar-refractivity contribution in [1.82, 2.24) is 15.2 Å². The first-order valence-corrected chi connectivity index (χ1v) is 8.84. The van der Waals surface area contributed by atoms with Crippen LogP contribution in [-0.2, 0) is 13.1 Å². The molecule has 25 heavy (non-hydrogen) atoms. The molecule has 0 bridgehead atoms. The van der Waals surface area contributed by atoms with Gasteiger partial charge in [0.15, 0.2) is 0 Å². The van der Waals surface area contributed by atoms with Gasteiger partial charge < -0.3 is 10.4 Å². The zero-order chi connectivity index (χ0) is 17.5. The number of aromatic nitrogens is 1. The van der Waals surface area contributed by atoms with Gasteiger partial charge in [-0.1, -0.05) is 18.2 Å². The van der Waals surface area contributed by atoms with E-state index in [0.717, 1.165) is 38.0 Å². The summed E-state index contributed by atoms with van der Waals surface area (Å²) in [7, 11) is 0. The third-order valence-corrected chi connectivity index (χ3v) is 4.76. The number of rotatable bonds is 6. The Hall–Kier alpha value is -2.24. The first-order chi connectivity index (χ1) is 12.2. The third-order valence-electron chi connectivity index (χ3n) is 4.76. The fourth-order valence-electron chi connectivity index (χ4n) is 3.13. The van der Waals surface area contributed by atoms with E-state index in [4.69, 9.17) is 0 Å². The number of nitrogens with one attached hydrogen (secondary N) is 1. The molecular weight excluding hydrogens is 314 g/mol. The molecule has 0 atom stereocenters. The smallest absolute Gasteiger partial charge is 0.251 e. The second-order valence-corrected chi connectivity index (χ2v) is 6.64. The molecule has 1 amide bonds. The highest BCUT2D eigenvalue weighted by molar-refractivity contribution is 5.94. The third kappa shape index (κ3) is 5.11. The maximum atomic E-state index is 12.2. The number of pyridine rings is 1. The highest BCUT2D eigenvalue weighted by Crippen LogP contribution is 2.18. The van der Waals surface area contributed by atoms with Gasteiger partial charge in [0.25, 0.3) is 5.91 Å². The van der Waals surface area contributed by atoms with Crippen molar-refractivity contribution in [3.8, 4) is 0 Å². The molecule has 5 nitrogen and oxygen atoms in total. The number of piperidine rings is 1. The van der Waals surface area contributed by atoms with Gasteiger partial charge in [0.1, 0.15) is 0 Å². The largest absolute Gasteiger partial charge is 0.396 e. The molecule has 2 heterocycles.